The summed E-state index contributed by atoms with van der Waals surface area (Å²) >= 11 is 0. The van der Waals surface area contributed by atoms with Crippen LogP contribution in [0.15, 0.2) is 36.8 Å². The topological polar surface area (TPSA) is 17.1 Å². The second kappa shape index (κ2) is 5.72. The summed E-state index contributed by atoms with van der Waals surface area (Å²) < 4.78 is 0. The molecule has 0 rings (SSSR count). The highest BCUT2D eigenvalue weighted by Gasteiger charge is 2.20. The molecule has 0 spiro atoms. The van der Waals surface area contributed by atoms with Gasteiger partial charge in [0.15, 0.2) is 0 Å². The van der Waals surface area contributed by atoms with E-state index in [1.807, 2.05) is 17.1 Å². The molecule has 0 amide bonds. The van der Waals surface area contributed by atoms with Gasteiger partial charge in [-0.2, -0.15) is 0 Å². The van der Waals surface area contributed by atoms with Crippen molar-refractivity contribution >= 4 is 14.4 Å². The van der Waals surface area contributed by atoms with Crippen LogP contribution in [0.4, 0.5) is 0 Å². The monoisotopic (exact) mass is 180 g/mol. The van der Waals surface area contributed by atoms with Crippen molar-refractivity contribution in [2.45, 2.75) is 18.9 Å². The van der Waals surface area contributed by atoms with Crippen LogP contribution in [0.2, 0.25) is 6.04 Å². The number of hydrogen-bond donors (Lipinski definition) is 0. The van der Waals surface area contributed by atoms with Crippen molar-refractivity contribution in [2.75, 3.05) is 0 Å². The molecule has 0 unspecified atom stereocenters. The van der Waals surface area contributed by atoms with Gasteiger partial charge in [0, 0.05) is 6.42 Å². The van der Waals surface area contributed by atoms with Gasteiger partial charge in [0.2, 0.25) is 0 Å². The molecule has 0 aliphatic rings. The molecule has 0 aliphatic carbocycles. The summed E-state index contributed by atoms with van der Waals surface area (Å²) in [5, 5.41) is 0. The first-order chi connectivity index (χ1) is 5.74. The van der Waals surface area contributed by atoms with E-state index in [4.69, 9.17) is 0 Å². The maximum Gasteiger partial charge on any atom is 0.124 e. The minimum Gasteiger partial charge on any atom is -0.303 e. The van der Waals surface area contributed by atoms with Crippen LogP contribution in [-0.2, 0) is 4.79 Å². The van der Waals surface area contributed by atoms with Crippen molar-refractivity contribution in [2.24, 2.45) is 0 Å². The van der Waals surface area contributed by atoms with E-state index in [-0.39, 0.29) is 0 Å². The zero-order valence-corrected chi connectivity index (χ0v) is 8.46. The number of hydrogen-bond acceptors (Lipinski definition) is 1. The van der Waals surface area contributed by atoms with Gasteiger partial charge in [-0.25, -0.2) is 0 Å². The fraction of sp³-hybridized carbons (Fsp3) is 0.300. The van der Waals surface area contributed by atoms with E-state index in [1.165, 1.54) is 0 Å². The molecule has 0 saturated heterocycles. The second-order valence-corrected chi connectivity index (χ2v) is 6.73. The van der Waals surface area contributed by atoms with Gasteiger partial charge >= 0.3 is 0 Å². The Labute approximate surface area is 75.5 Å². The van der Waals surface area contributed by atoms with E-state index in [1.54, 1.807) is 0 Å². The van der Waals surface area contributed by atoms with Crippen molar-refractivity contribution in [3.63, 3.8) is 0 Å². The molecule has 0 fully saturated rings. The van der Waals surface area contributed by atoms with Crippen LogP contribution in [-0.4, -0.2) is 14.4 Å². The van der Waals surface area contributed by atoms with Gasteiger partial charge in [0.1, 0.15) is 14.4 Å². The van der Waals surface area contributed by atoms with Crippen molar-refractivity contribution < 1.29 is 4.79 Å². The molecular formula is C10H16OSi. The second-order valence-electron chi connectivity index (χ2n) is 2.78. The first kappa shape index (κ1) is 11.1. The Morgan fingerprint density at radius 2 is 1.58 bits per heavy atom. The third kappa shape index (κ3) is 3.01. The van der Waals surface area contributed by atoms with Gasteiger partial charge in [-0.15, -0.1) is 19.7 Å². The van der Waals surface area contributed by atoms with Crippen LogP contribution in [0.5, 0.6) is 0 Å². The highest BCUT2D eigenvalue weighted by atomic mass is 28.3. The smallest absolute Gasteiger partial charge is 0.124 e. The molecule has 2 heteroatoms. The van der Waals surface area contributed by atoms with Crippen LogP contribution >= 0.6 is 0 Å². The average molecular weight is 180 g/mol. The van der Waals surface area contributed by atoms with Crippen LogP contribution in [0.1, 0.15) is 12.8 Å². The molecule has 0 atom stereocenters. The van der Waals surface area contributed by atoms with E-state index in [0.29, 0.717) is 6.42 Å². The molecule has 66 valence electrons. The minimum atomic E-state index is -1.62. The first-order valence-corrected chi connectivity index (χ1v) is 6.53. The van der Waals surface area contributed by atoms with Crippen molar-refractivity contribution in [3.8, 4) is 0 Å². The van der Waals surface area contributed by atoms with Gasteiger partial charge in [0.25, 0.3) is 0 Å². The lowest BCUT2D eigenvalue weighted by Crippen LogP contribution is -2.26. The zero-order chi connectivity index (χ0) is 9.45. The van der Waals surface area contributed by atoms with Gasteiger partial charge in [-0.3, -0.25) is 0 Å². The van der Waals surface area contributed by atoms with Crippen molar-refractivity contribution in [1.82, 2.24) is 0 Å². The highest BCUT2D eigenvalue weighted by Crippen LogP contribution is 2.16. The molecular weight excluding hydrogens is 164 g/mol. The van der Waals surface area contributed by atoms with E-state index >= 15 is 0 Å². The molecule has 0 aromatic carbocycles. The number of aldehydes is 1. The Hall–Kier alpha value is -0.893. The van der Waals surface area contributed by atoms with Gasteiger partial charge in [0.05, 0.1) is 0 Å². The molecule has 12 heavy (non-hydrogen) atoms. The van der Waals surface area contributed by atoms with Gasteiger partial charge < -0.3 is 4.79 Å². The SMILES string of the molecule is C=C[Si](C=C)(C=C)CCCC=O. The number of carbonyl (C=O) groups is 1. The van der Waals surface area contributed by atoms with E-state index in [2.05, 4.69) is 19.7 Å². The maximum absolute atomic E-state index is 10.1. The Morgan fingerprint density at radius 1 is 1.08 bits per heavy atom. The Balaban J connectivity index is 4.10. The minimum absolute atomic E-state index is 0.629. The Bertz CT molecular complexity index is 163. The average Bonchev–Trinajstić information content (AvgIpc) is 2.14. The standard InChI is InChI=1S/C10H16OSi/c1-4-12(5-2,6-3)10-8-7-9-11/h4-6,9H,1-3,7-8,10H2. The molecule has 0 aliphatic heterocycles. The van der Waals surface area contributed by atoms with Crippen LogP contribution in [0.25, 0.3) is 0 Å². The Kier molecular flexibility index (Phi) is 5.29. The Morgan fingerprint density at radius 3 is 1.92 bits per heavy atom. The fourth-order valence-corrected chi connectivity index (χ4v) is 2.98. The zero-order valence-electron chi connectivity index (χ0n) is 7.46. The van der Waals surface area contributed by atoms with Crippen molar-refractivity contribution in [3.05, 3.63) is 36.8 Å². The molecule has 0 radical (unpaired) electrons. The molecule has 0 aromatic rings. The first-order valence-electron chi connectivity index (χ1n) is 4.09. The molecule has 0 N–H and O–H groups in total. The van der Waals surface area contributed by atoms with E-state index in [0.717, 1.165) is 18.8 Å². The van der Waals surface area contributed by atoms with Gasteiger partial charge in [-0.05, 0) is 12.5 Å². The van der Waals surface area contributed by atoms with Crippen molar-refractivity contribution in [1.29, 1.82) is 0 Å². The summed E-state index contributed by atoms with van der Waals surface area (Å²) in [6.45, 7) is 11.4. The summed E-state index contributed by atoms with van der Waals surface area (Å²) in [6, 6.07) is 1.00. The largest absolute Gasteiger partial charge is 0.303 e. The van der Waals surface area contributed by atoms with Gasteiger partial charge in [-0.1, -0.05) is 17.1 Å². The lowest BCUT2D eigenvalue weighted by molar-refractivity contribution is -0.107. The molecule has 0 aromatic heterocycles. The quantitative estimate of drug-likeness (QED) is 0.334. The third-order valence-electron chi connectivity index (χ3n) is 2.07. The van der Waals surface area contributed by atoms with E-state index in [9.17, 15) is 4.79 Å². The molecule has 1 nitrogen and oxygen atoms in total. The molecule has 0 heterocycles. The lowest BCUT2D eigenvalue weighted by atomic mass is 10.4. The van der Waals surface area contributed by atoms with Crippen LogP contribution < -0.4 is 0 Å². The summed E-state index contributed by atoms with van der Waals surface area (Å²) in [5.74, 6) is 0. The number of rotatable bonds is 7. The molecule has 0 bridgehead atoms. The predicted molar refractivity (Wildman–Crippen MR) is 56.5 cm³/mol. The highest BCUT2D eigenvalue weighted by molar-refractivity contribution is 6.93. The summed E-state index contributed by atoms with van der Waals surface area (Å²) in [6.07, 6.45) is 2.50. The van der Waals surface area contributed by atoms with Crippen LogP contribution in [0.3, 0.4) is 0 Å². The molecule has 0 saturated carbocycles. The lowest BCUT2D eigenvalue weighted by Gasteiger charge is -2.18. The normalized spacial score (nSPS) is 10.3. The number of unbranched alkanes of at least 4 members (excludes halogenated alkanes) is 1. The predicted octanol–water partition coefficient (Wildman–Crippen LogP) is 2.59. The number of carbonyl (C=O) groups excluding carboxylic acids is 1. The summed E-state index contributed by atoms with van der Waals surface area (Å²) in [4.78, 5) is 10.1. The van der Waals surface area contributed by atoms with E-state index < -0.39 is 8.07 Å². The third-order valence-corrected chi connectivity index (χ3v) is 5.57. The summed E-state index contributed by atoms with van der Waals surface area (Å²) in [7, 11) is -1.62. The summed E-state index contributed by atoms with van der Waals surface area (Å²) in [5.41, 5.74) is 5.87. The maximum atomic E-state index is 10.1. The fourth-order valence-electron chi connectivity index (χ4n) is 1.05. The van der Waals surface area contributed by atoms with Crippen LogP contribution in [0, 0.1) is 0 Å².